The maximum atomic E-state index is 11.9. The molecule has 2 aliphatic rings. The summed E-state index contributed by atoms with van der Waals surface area (Å²) in [4.78, 5) is 58.0. The molecule has 6 heterocycles. The van der Waals surface area contributed by atoms with Gasteiger partial charge in [-0.3, -0.25) is 18.9 Å². The molecule has 4 aromatic rings. The molecule has 0 aromatic carbocycles. The van der Waals surface area contributed by atoms with Crippen LogP contribution in [0, 0.1) is 0 Å². The number of carbonyl (C=O) groups is 3. The number of allylic oxidation sites excluding steroid dienone is 1. The molecule has 0 saturated carbocycles. The first-order chi connectivity index (χ1) is 26.8. The number of aromatic nitrogens is 6. The van der Waals surface area contributed by atoms with Crippen LogP contribution in [-0.2, 0) is 48.9 Å². The average Bonchev–Trinajstić information content (AvgIpc) is 3.24. The minimum Gasteiger partial charge on any atom is -0.370 e. The lowest BCUT2D eigenvalue weighted by molar-refractivity contribution is -0.117. The summed E-state index contributed by atoms with van der Waals surface area (Å²) in [6, 6.07) is 8.50. The summed E-state index contributed by atoms with van der Waals surface area (Å²) in [5, 5.41) is 6.69. The van der Waals surface area contributed by atoms with Crippen LogP contribution in [-0.4, -0.2) is 81.2 Å². The Kier molecular flexibility index (Phi) is 18.4. The Morgan fingerprint density at radius 1 is 0.727 bits per heavy atom. The third-order valence-corrected chi connectivity index (χ3v) is 10.7. The molecular formula is C40H51N8O6P. The minimum absolute atomic E-state index is 0.0860. The van der Waals surface area contributed by atoms with Crippen molar-refractivity contribution in [2.75, 3.05) is 44.1 Å². The fraction of sp³-hybridized carbons (Fsp3) is 0.425. The number of nitrogens with one attached hydrogen (secondary N) is 2. The Morgan fingerprint density at radius 2 is 1.24 bits per heavy atom. The van der Waals surface area contributed by atoms with Crippen molar-refractivity contribution in [1.82, 2.24) is 29.9 Å². The highest BCUT2D eigenvalue weighted by Crippen LogP contribution is 2.46. The van der Waals surface area contributed by atoms with E-state index in [4.69, 9.17) is 9.05 Å². The van der Waals surface area contributed by atoms with Gasteiger partial charge in [-0.05, 0) is 99.6 Å². The first kappa shape index (κ1) is 42.7. The van der Waals surface area contributed by atoms with E-state index in [1.165, 1.54) is 56.8 Å². The van der Waals surface area contributed by atoms with Gasteiger partial charge in [-0.15, -0.1) is 0 Å². The van der Waals surface area contributed by atoms with Gasteiger partial charge in [0.05, 0.1) is 5.56 Å². The SMILES string of the molecule is COP(=O)(CC(=O)CCCCc1ccc2c(n1)NCCC2)OC.O=C(/C=C/c1cncnc1)CCCCc1ccc2c(n1)NCCC2.O=Cc1cncnc1. The maximum Gasteiger partial charge on any atom is 0.337 e. The molecule has 55 heavy (non-hydrogen) atoms. The van der Waals surface area contributed by atoms with Crippen LogP contribution in [0.1, 0.15) is 89.8 Å². The number of aldehydes is 1. The lowest BCUT2D eigenvalue weighted by Gasteiger charge is -2.17. The molecule has 2 aliphatic heterocycles. The Labute approximate surface area is 323 Å². The van der Waals surface area contributed by atoms with Crippen molar-refractivity contribution in [3.8, 4) is 0 Å². The summed E-state index contributed by atoms with van der Waals surface area (Å²) in [7, 11) is -0.630. The Bertz CT molecular complexity index is 1870. The molecule has 2 N–H and O–H groups in total. The largest absolute Gasteiger partial charge is 0.370 e. The normalized spacial score (nSPS) is 13.1. The molecule has 4 aromatic heterocycles. The number of hydrogen-bond donors (Lipinski definition) is 2. The van der Waals surface area contributed by atoms with Crippen LogP contribution in [0.5, 0.6) is 0 Å². The van der Waals surface area contributed by atoms with Crippen LogP contribution in [0.15, 0.2) is 67.8 Å². The molecule has 0 aliphatic carbocycles. The molecular weight excluding hydrogens is 719 g/mol. The van der Waals surface area contributed by atoms with Crippen molar-refractivity contribution < 1.29 is 28.0 Å². The topological polar surface area (TPSA) is 188 Å². The molecule has 0 fully saturated rings. The predicted octanol–water partition coefficient (Wildman–Crippen LogP) is 6.72. The lowest BCUT2D eigenvalue weighted by atomic mass is 10.0. The second-order valence-corrected chi connectivity index (χ2v) is 15.3. The molecule has 0 saturated heterocycles. The zero-order chi connectivity index (χ0) is 39.1. The van der Waals surface area contributed by atoms with E-state index < -0.39 is 7.60 Å². The highest BCUT2D eigenvalue weighted by atomic mass is 31.2. The number of Topliss-reactive ketones (excluding diaryl/α,β-unsaturated/α-hetero) is 1. The first-order valence-electron chi connectivity index (χ1n) is 18.6. The van der Waals surface area contributed by atoms with Crippen molar-refractivity contribution in [3.05, 3.63) is 101 Å². The smallest absolute Gasteiger partial charge is 0.337 e. The fourth-order valence-corrected chi connectivity index (χ4v) is 6.79. The van der Waals surface area contributed by atoms with Crippen molar-refractivity contribution in [1.29, 1.82) is 0 Å². The number of carbonyl (C=O) groups excluding carboxylic acids is 3. The van der Waals surface area contributed by atoms with E-state index in [1.54, 1.807) is 24.5 Å². The van der Waals surface area contributed by atoms with Gasteiger partial charge >= 0.3 is 7.60 Å². The van der Waals surface area contributed by atoms with Crippen LogP contribution in [0.2, 0.25) is 0 Å². The Morgan fingerprint density at radius 3 is 1.73 bits per heavy atom. The molecule has 15 heteroatoms. The van der Waals surface area contributed by atoms with Crippen molar-refractivity contribution >= 4 is 43.2 Å². The van der Waals surface area contributed by atoms with Gasteiger partial charge < -0.3 is 19.7 Å². The molecule has 0 radical (unpaired) electrons. The summed E-state index contributed by atoms with van der Waals surface area (Å²) in [6.45, 7) is 1.99. The number of rotatable bonds is 17. The molecule has 0 bridgehead atoms. The van der Waals surface area contributed by atoms with Crippen LogP contribution < -0.4 is 10.6 Å². The van der Waals surface area contributed by atoms with E-state index in [9.17, 15) is 18.9 Å². The van der Waals surface area contributed by atoms with E-state index in [-0.39, 0.29) is 17.7 Å². The second kappa shape index (κ2) is 23.7. The number of pyridine rings is 2. The van der Waals surface area contributed by atoms with Gasteiger partial charge in [-0.1, -0.05) is 12.1 Å². The zero-order valence-electron chi connectivity index (χ0n) is 31.7. The van der Waals surface area contributed by atoms with Gasteiger partial charge in [0.15, 0.2) is 12.1 Å². The van der Waals surface area contributed by atoms with Gasteiger partial charge in [0.2, 0.25) is 0 Å². The summed E-state index contributed by atoms with van der Waals surface area (Å²) >= 11 is 0. The highest BCUT2D eigenvalue weighted by molar-refractivity contribution is 7.54. The molecule has 292 valence electrons. The number of aryl methyl sites for hydroxylation is 4. The first-order valence-corrected chi connectivity index (χ1v) is 20.4. The number of hydrogen-bond acceptors (Lipinski definition) is 14. The van der Waals surface area contributed by atoms with E-state index in [1.807, 2.05) is 0 Å². The lowest BCUT2D eigenvalue weighted by Crippen LogP contribution is -2.14. The maximum absolute atomic E-state index is 11.9. The van der Waals surface area contributed by atoms with Gasteiger partial charge in [0.25, 0.3) is 0 Å². The van der Waals surface area contributed by atoms with Gasteiger partial charge in [-0.25, -0.2) is 29.9 Å². The van der Waals surface area contributed by atoms with E-state index in [0.29, 0.717) is 24.7 Å². The van der Waals surface area contributed by atoms with E-state index in [0.717, 1.165) is 99.5 Å². The molecule has 0 unspecified atom stereocenters. The average molecular weight is 771 g/mol. The standard InChI is InChI=1S/C19H22N4O.C16H25N2O4P.C5H4N2O/c24-18(10-7-15-12-20-14-21-13-15)6-2-1-5-17-9-8-16-4-3-11-22-19(16)23-17;1-21-23(20,22-2)12-15(19)8-4-3-7-14-10-9-13-6-5-11-17-16(13)18-14;8-3-5-1-6-4-7-2-5/h7-10,12-14H,1-6,11H2,(H,22,23);9-10H,3-8,11-12H2,1-2H3,(H,17,18);1-4H/b10-7+;;. The second-order valence-electron chi connectivity index (χ2n) is 13.0. The summed E-state index contributed by atoms with van der Waals surface area (Å²) in [6.07, 6.45) is 23.8. The highest BCUT2D eigenvalue weighted by Gasteiger charge is 2.25. The van der Waals surface area contributed by atoms with E-state index in [2.05, 4.69) is 64.8 Å². The van der Waals surface area contributed by atoms with E-state index >= 15 is 0 Å². The zero-order valence-corrected chi connectivity index (χ0v) is 32.6. The van der Waals surface area contributed by atoms with Crippen LogP contribution >= 0.6 is 7.60 Å². The van der Waals surface area contributed by atoms with Crippen molar-refractivity contribution in [2.45, 2.75) is 77.0 Å². The Hall–Kier alpha value is -5.04. The minimum atomic E-state index is -3.23. The molecule has 0 spiro atoms. The summed E-state index contributed by atoms with van der Waals surface area (Å²) in [5.41, 5.74) is 6.10. The number of unbranched alkanes of at least 4 members (excludes halogenated alkanes) is 2. The fourth-order valence-electron chi connectivity index (χ4n) is 5.79. The van der Waals surface area contributed by atoms with Gasteiger partial charge in [-0.2, -0.15) is 0 Å². The van der Waals surface area contributed by atoms with Gasteiger partial charge in [0, 0.05) is 81.9 Å². The molecule has 14 nitrogen and oxygen atoms in total. The van der Waals surface area contributed by atoms with Crippen LogP contribution in [0.25, 0.3) is 6.08 Å². The predicted molar refractivity (Wildman–Crippen MR) is 212 cm³/mol. The van der Waals surface area contributed by atoms with Gasteiger partial charge in [0.1, 0.15) is 36.2 Å². The third kappa shape index (κ3) is 15.7. The quantitative estimate of drug-likeness (QED) is 0.0498. The number of nitrogens with zero attached hydrogens (tertiary/aromatic N) is 6. The number of anilines is 2. The summed E-state index contributed by atoms with van der Waals surface area (Å²) < 4.78 is 21.4. The molecule has 0 atom stereocenters. The Balaban J connectivity index is 0.000000204. The summed E-state index contributed by atoms with van der Waals surface area (Å²) in [5.74, 6) is 2.10. The van der Waals surface area contributed by atoms with Crippen molar-refractivity contribution in [2.24, 2.45) is 0 Å². The monoisotopic (exact) mass is 770 g/mol. The third-order valence-electron chi connectivity index (χ3n) is 8.83. The number of fused-ring (bicyclic) bond motifs is 2. The molecule has 6 rings (SSSR count). The van der Waals surface area contributed by atoms with Crippen LogP contribution in [0.3, 0.4) is 0 Å². The molecule has 0 amide bonds. The van der Waals surface area contributed by atoms with Crippen molar-refractivity contribution in [3.63, 3.8) is 0 Å². The number of ketones is 2. The van der Waals surface area contributed by atoms with Crippen LogP contribution in [0.4, 0.5) is 11.6 Å².